The minimum absolute atomic E-state index is 0.00846. The molecule has 186 valence electrons. The van der Waals surface area contributed by atoms with Crippen molar-refractivity contribution in [2.45, 2.75) is 31.2 Å². The summed E-state index contributed by atoms with van der Waals surface area (Å²) in [5.41, 5.74) is 2.61. The third-order valence-electron chi connectivity index (χ3n) is 7.48. The second-order valence-electron chi connectivity index (χ2n) is 9.33. The molecule has 2 unspecified atom stereocenters. The topological polar surface area (TPSA) is 75.4 Å². The van der Waals surface area contributed by atoms with Crippen LogP contribution in [-0.2, 0) is 0 Å². The summed E-state index contributed by atoms with van der Waals surface area (Å²) in [6.45, 7) is 2.73. The van der Waals surface area contributed by atoms with E-state index in [0.717, 1.165) is 50.1 Å². The minimum atomic E-state index is -0.212. The predicted molar refractivity (Wildman–Crippen MR) is 138 cm³/mol. The quantitative estimate of drug-likeness (QED) is 0.536. The number of ether oxygens (including phenoxy) is 2. The maximum Gasteiger partial charge on any atom is 0.197 e. The summed E-state index contributed by atoms with van der Waals surface area (Å²) in [6.07, 6.45) is 3.07. The zero-order chi connectivity index (χ0) is 24.7. The number of likely N-dealkylation sites (N-methyl/N-ethyl adjacent to an activating group) is 1. The first kappa shape index (κ1) is 24.0. The fraction of sp³-hybridized carbons (Fsp3) is 0.444. The van der Waals surface area contributed by atoms with Crippen LogP contribution in [0.15, 0.2) is 39.5 Å². The number of likely N-dealkylation sites (tertiary alicyclic amines) is 1. The van der Waals surface area contributed by atoms with Gasteiger partial charge in [0, 0.05) is 48.3 Å². The van der Waals surface area contributed by atoms with Crippen molar-refractivity contribution in [3.05, 3.63) is 51.1 Å². The van der Waals surface area contributed by atoms with Gasteiger partial charge in [0.1, 0.15) is 28.2 Å². The Morgan fingerprint density at radius 1 is 1.11 bits per heavy atom. The van der Waals surface area contributed by atoms with Crippen molar-refractivity contribution < 1.29 is 19.0 Å². The number of benzene rings is 2. The second kappa shape index (κ2) is 9.72. The lowest BCUT2D eigenvalue weighted by molar-refractivity contribution is 0.171. The molecule has 0 aliphatic carbocycles. The van der Waals surface area contributed by atoms with Gasteiger partial charge in [0.2, 0.25) is 0 Å². The molecule has 2 atom stereocenters. The molecular weight excluding hydrogens is 468 g/mol. The number of anilines is 1. The van der Waals surface area contributed by atoms with Gasteiger partial charge in [0.25, 0.3) is 0 Å². The van der Waals surface area contributed by atoms with Crippen LogP contribution in [-0.4, -0.2) is 63.6 Å². The molecule has 2 aromatic carbocycles. The summed E-state index contributed by atoms with van der Waals surface area (Å²) in [4.78, 5) is 17.9. The molecule has 0 radical (unpaired) electrons. The minimum Gasteiger partial charge on any atom is -0.496 e. The molecule has 0 bridgehead atoms. The summed E-state index contributed by atoms with van der Waals surface area (Å²) < 4.78 is 17.8. The van der Waals surface area contributed by atoms with E-state index >= 15 is 0 Å². The van der Waals surface area contributed by atoms with Gasteiger partial charge in [0.15, 0.2) is 5.43 Å². The summed E-state index contributed by atoms with van der Waals surface area (Å²) in [7, 11) is 5.11. The zero-order valence-electron chi connectivity index (χ0n) is 20.3. The molecule has 0 spiro atoms. The maximum atomic E-state index is 13.5. The fourth-order valence-corrected chi connectivity index (χ4v) is 5.97. The lowest BCUT2D eigenvalue weighted by atomic mass is 9.89. The van der Waals surface area contributed by atoms with Crippen molar-refractivity contribution >= 4 is 28.3 Å². The summed E-state index contributed by atoms with van der Waals surface area (Å²) in [6, 6.07) is 8.94. The molecule has 3 heterocycles. The highest BCUT2D eigenvalue weighted by Crippen LogP contribution is 2.45. The van der Waals surface area contributed by atoms with Crippen LogP contribution in [0.4, 0.5) is 5.69 Å². The highest BCUT2D eigenvalue weighted by Gasteiger charge is 2.37. The Morgan fingerprint density at radius 2 is 1.86 bits per heavy atom. The molecule has 35 heavy (non-hydrogen) atoms. The number of fused-ring (bicyclic) bond motifs is 1. The van der Waals surface area contributed by atoms with Crippen LogP contribution in [0.5, 0.6) is 11.5 Å². The molecular formula is C27H31ClN2O5. The van der Waals surface area contributed by atoms with E-state index in [-0.39, 0.29) is 24.0 Å². The molecule has 1 aromatic heterocycles. The molecule has 7 nitrogen and oxygen atoms in total. The Labute approximate surface area is 209 Å². The number of nitrogens with zero attached hydrogens (tertiary/aromatic N) is 2. The molecule has 3 aromatic rings. The molecule has 2 aliphatic heterocycles. The average Bonchev–Trinajstić information content (AvgIpc) is 3.52. The smallest absolute Gasteiger partial charge is 0.197 e. The summed E-state index contributed by atoms with van der Waals surface area (Å²) in [5, 5.41) is 11.1. The number of aliphatic hydroxyl groups is 1. The molecule has 5 rings (SSSR count). The van der Waals surface area contributed by atoms with Crippen molar-refractivity contribution in [1.82, 2.24) is 4.90 Å². The van der Waals surface area contributed by atoms with Crippen LogP contribution in [0.2, 0.25) is 5.02 Å². The van der Waals surface area contributed by atoms with Crippen molar-refractivity contribution in [3.8, 4) is 22.8 Å². The van der Waals surface area contributed by atoms with E-state index in [0.29, 0.717) is 38.8 Å². The molecule has 2 saturated heterocycles. The van der Waals surface area contributed by atoms with Crippen LogP contribution >= 0.6 is 11.6 Å². The van der Waals surface area contributed by atoms with E-state index in [1.54, 1.807) is 13.2 Å². The van der Waals surface area contributed by atoms with E-state index in [4.69, 9.17) is 25.5 Å². The Morgan fingerprint density at radius 3 is 2.54 bits per heavy atom. The standard InChI is InChI=1S/C27H31ClN2O5/c1-29-12-9-16(19(29)15-31)24-22(33-2)14-23(34-3)25-20(32)13-21(35-27(24)25)17-7-6-8-18(26(17)28)30-10-4-5-11-30/h6-8,13-14,16,19,31H,4-5,9-12,15H2,1-3H3. The highest BCUT2D eigenvalue weighted by atomic mass is 35.5. The third kappa shape index (κ3) is 4.05. The largest absolute Gasteiger partial charge is 0.496 e. The first-order valence-corrected chi connectivity index (χ1v) is 12.4. The van der Waals surface area contributed by atoms with Gasteiger partial charge in [-0.25, -0.2) is 0 Å². The van der Waals surface area contributed by atoms with Crippen molar-refractivity contribution in [2.24, 2.45) is 0 Å². The predicted octanol–water partition coefficient (Wildman–Crippen LogP) is 4.51. The monoisotopic (exact) mass is 498 g/mol. The van der Waals surface area contributed by atoms with Crippen molar-refractivity contribution in [2.75, 3.05) is 52.4 Å². The van der Waals surface area contributed by atoms with Crippen LogP contribution in [0.1, 0.15) is 30.7 Å². The Bertz CT molecular complexity index is 1300. The molecule has 1 N–H and O–H groups in total. The van der Waals surface area contributed by atoms with E-state index in [1.807, 2.05) is 25.2 Å². The summed E-state index contributed by atoms with van der Waals surface area (Å²) >= 11 is 6.88. The average molecular weight is 499 g/mol. The second-order valence-corrected chi connectivity index (χ2v) is 9.71. The fourth-order valence-electron chi connectivity index (χ4n) is 5.63. The number of rotatable bonds is 6. The molecule has 0 saturated carbocycles. The Balaban J connectivity index is 1.76. The van der Waals surface area contributed by atoms with Crippen molar-refractivity contribution in [1.29, 1.82) is 0 Å². The Kier molecular flexibility index (Phi) is 6.66. The van der Waals surface area contributed by atoms with Gasteiger partial charge >= 0.3 is 0 Å². The summed E-state index contributed by atoms with van der Waals surface area (Å²) in [5.74, 6) is 1.30. The third-order valence-corrected chi connectivity index (χ3v) is 7.88. The number of aliphatic hydroxyl groups excluding tert-OH is 1. The van der Waals surface area contributed by atoms with Crippen LogP contribution in [0.25, 0.3) is 22.3 Å². The van der Waals surface area contributed by atoms with Gasteiger partial charge < -0.3 is 28.8 Å². The molecule has 8 heteroatoms. The van der Waals surface area contributed by atoms with Gasteiger partial charge in [-0.2, -0.15) is 0 Å². The first-order chi connectivity index (χ1) is 17.0. The molecule has 2 aliphatic rings. The van der Waals surface area contributed by atoms with E-state index in [2.05, 4.69) is 9.80 Å². The first-order valence-electron chi connectivity index (χ1n) is 12.1. The lowest BCUT2D eigenvalue weighted by Crippen LogP contribution is -2.32. The van der Waals surface area contributed by atoms with Gasteiger partial charge in [-0.05, 0) is 45.0 Å². The van der Waals surface area contributed by atoms with E-state index in [1.165, 1.54) is 13.2 Å². The van der Waals surface area contributed by atoms with Gasteiger partial charge in [-0.1, -0.05) is 17.7 Å². The van der Waals surface area contributed by atoms with Crippen LogP contribution in [0, 0.1) is 0 Å². The number of halogens is 1. The van der Waals surface area contributed by atoms with Gasteiger partial charge in [-0.3, -0.25) is 4.79 Å². The van der Waals surface area contributed by atoms with Gasteiger partial charge in [0.05, 0.1) is 31.5 Å². The normalized spacial score (nSPS) is 20.7. The van der Waals surface area contributed by atoms with Gasteiger partial charge in [-0.15, -0.1) is 0 Å². The van der Waals surface area contributed by atoms with Crippen molar-refractivity contribution in [3.63, 3.8) is 0 Å². The van der Waals surface area contributed by atoms with Crippen LogP contribution in [0.3, 0.4) is 0 Å². The number of hydrogen-bond donors (Lipinski definition) is 1. The van der Waals surface area contributed by atoms with E-state index < -0.39 is 0 Å². The maximum absolute atomic E-state index is 13.5. The number of hydrogen-bond acceptors (Lipinski definition) is 7. The molecule has 0 amide bonds. The highest BCUT2D eigenvalue weighted by molar-refractivity contribution is 6.36. The Hall–Kier alpha value is -2.74. The zero-order valence-corrected chi connectivity index (χ0v) is 21.1. The number of methoxy groups -OCH3 is 2. The molecule has 2 fully saturated rings. The lowest BCUT2D eigenvalue weighted by Gasteiger charge is -2.25. The SMILES string of the molecule is COc1cc(OC)c2c(=O)cc(-c3cccc(N4CCCC4)c3Cl)oc2c1C1CCN(C)C1CO. The van der Waals surface area contributed by atoms with E-state index in [9.17, 15) is 9.90 Å². The van der Waals surface area contributed by atoms with Crippen LogP contribution < -0.4 is 19.8 Å².